The van der Waals surface area contributed by atoms with Crippen molar-refractivity contribution in [1.29, 1.82) is 0 Å². The summed E-state index contributed by atoms with van der Waals surface area (Å²) < 4.78 is 15.1. The minimum atomic E-state index is -0.651. The predicted octanol–water partition coefficient (Wildman–Crippen LogP) is 2.69. The lowest BCUT2D eigenvalue weighted by Crippen LogP contribution is -2.09. The Morgan fingerprint density at radius 1 is 1.44 bits per heavy atom. The topological polar surface area (TPSA) is 38.0 Å². The predicted molar refractivity (Wildman–Crippen MR) is 70.0 cm³/mol. The summed E-state index contributed by atoms with van der Waals surface area (Å²) in [5.74, 6) is 0.151. The second-order valence-corrected chi connectivity index (χ2v) is 5.16. The van der Waals surface area contributed by atoms with Crippen molar-refractivity contribution >= 4 is 11.8 Å². The van der Waals surface area contributed by atoms with Crippen LogP contribution in [0.15, 0.2) is 35.4 Å². The van der Waals surface area contributed by atoms with Crippen molar-refractivity contribution in [3.8, 4) is 0 Å². The number of rotatable bonds is 4. The second-order valence-electron chi connectivity index (χ2n) is 4.09. The summed E-state index contributed by atoms with van der Waals surface area (Å²) in [6, 6.07) is 6.57. The second kappa shape index (κ2) is 5.54. The minimum Gasteiger partial charge on any atom is -0.386 e. The van der Waals surface area contributed by atoms with Crippen molar-refractivity contribution in [1.82, 2.24) is 9.78 Å². The molecule has 2 rings (SSSR count). The van der Waals surface area contributed by atoms with Crippen LogP contribution in [-0.4, -0.2) is 20.6 Å². The third-order valence-corrected chi connectivity index (χ3v) is 3.85. The van der Waals surface area contributed by atoms with Gasteiger partial charge < -0.3 is 5.11 Å². The van der Waals surface area contributed by atoms with Crippen LogP contribution in [0.4, 0.5) is 4.39 Å². The van der Waals surface area contributed by atoms with Gasteiger partial charge in [0.1, 0.15) is 11.9 Å². The Kier molecular flexibility index (Phi) is 4.04. The number of aliphatic hydroxyl groups excluding tert-OH is 1. The molecule has 5 heteroatoms. The van der Waals surface area contributed by atoms with Gasteiger partial charge in [0.2, 0.25) is 0 Å². The number of halogens is 1. The molecule has 1 aromatic carbocycles. The average molecular weight is 266 g/mol. The molecule has 18 heavy (non-hydrogen) atoms. The fraction of sp³-hybridized carbons (Fsp3) is 0.308. The van der Waals surface area contributed by atoms with E-state index < -0.39 is 6.10 Å². The molecule has 1 atom stereocenters. The molecular formula is C13H15FN2OS. The zero-order valence-corrected chi connectivity index (χ0v) is 11.1. The SMILES string of the molecule is Cc1cnn(C)c1C(O)CSc1ccccc1F. The molecule has 0 aliphatic carbocycles. The Balaban J connectivity index is 2.05. The van der Waals surface area contributed by atoms with Gasteiger partial charge in [-0.25, -0.2) is 4.39 Å². The first-order valence-corrected chi connectivity index (χ1v) is 6.62. The fourth-order valence-corrected chi connectivity index (χ4v) is 2.72. The third-order valence-electron chi connectivity index (χ3n) is 2.73. The van der Waals surface area contributed by atoms with Gasteiger partial charge in [-0.15, -0.1) is 11.8 Å². The maximum absolute atomic E-state index is 13.4. The Morgan fingerprint density at radius 2 is 2.17 bits per heavy atom. The molecule has 0 aliphatic heterocycles. The standard InChI is InChI=1S/C13H15FN2OS/c1-9-7-15-16(2)13(9)11(17)8-18-12-6-4-3-5-10(12)14/h3-7,11,17H,8H2,1-2H3. The number of aryl methyl sites for hydroxylation is 2. The highest BCUT2D eigenvalue weighted by atomic mass is 32.2. The van der Waals surface area contributed by atoms with Crippen molar-refractivity contribution in [2.24, 2.45) is 7.05 Å². The molecule has 0 fully saturated rings. The Hall–Kier alpha value is -1.33. The van der Waals surface area contributed by atoms with Crippen LogP contribution in [0.5, 0.6) is 0 Å². The van der Waals surface area contributed by atoms with Gasteiger partial charge in [-0.05, 0) is 24.6 Å². The van der Waals surface area contributed by atoms with Gasteiger partial charge in [0, 0.05) is 17.7 Å². The van der Waals surface area contributed by atoms with E-state index in [-0.39, 0.29) is 5.82 Å². The van der Waals surface area contributed by atoms with Gasteiger partial charge in [-0.2, -0.15) is 5.10 Å². The van der Waals surface area contributed by atoms with E-state index in [1.54, 1.807) is 36.1 Å². The molecule has 3 nitrogen and oxygen atoms in total. The lowest BCUT2D eigenvalue weighted by Gasteiger charge is -2.12. The van der Waals surface area contributed by atoms with Gasteiger partial charge in [0.15, 0.2) is 0 Å². The summed E-state index contributed by atoms with van der Waals surface area (Å²) in [7, 11) is 1.79. The van der Waals surface area contributed by atoms with Crippen LogP contribution in [0.2, 0.25) is 0 Å². The molecule has 0 saturated carbocycles. The van der Waals surface area contributed by atoms with E-state index in [0.29, 0.717) is 10.6 Å². The average Bonchev–Trinajstić information content (AvgIpc) is 2.68. The smallest absolute Gasteiger partial charge is 0.136 e. The molecule has 96 valence electrons. The van der Waals surface area contributed by atoms with E-state index in [9.17, 15) is 9.50 Å². The molecule has 2 aromatic rings. The zero-order chi connectivity index (χ0) is 13.1. The van der Waals surface area contributed by atoms with Crippen molar-refractivity contribution in [2.45, 2.75) is 17.9 Å². The summed E-state index contributed by atoms with van der Waals surface area (Å²) in [5.41, 5.74) is 1.72. The van der Waals surface area contributed by atoms with Crippen LogP contribution in [0.1, 0.15) is 17.4 Å². The zero-order valence-electron chi connectivity index (χ0n) is 10.3. The van der Waals surface area contributed by atoms with E-state index in [1.807, 2.05) is 6.92 Å². The van der Waals surface area contributed by atoms with Gasteiger partial charge in [-0.1, -0.05) is 12.1 Å². The van der Waals surface area contributed by atoms with Crippen molar-refractivity contribution in [3.63, 3.8) is 0 Å². The number of thioether (sulfide) groups is 1. The number of aromatic nitrogens is 2. The normalized spacial score (nSPS) is 12.7. The van der Waals surface area contributed by atoms with Crippen molar-refractivity contribution in [3.05, 3.63) is 47.5 Å². The molecule has 1 heterocycles. The maximum atomic E-state index is 13.4. The van der Waals surface area contributed by atoms with Gasteiger partial charge >= 0.3 is 0 Å². The van der Waals surface area contributed by atoms with Gasteiger partial charge in [0.25, 0.3) is 0 Å². The first-order chi connectivity index (χ1) is 8.59. The largest absolute Gasteiger partial charge is 0.386 e. The molecule has 1 N–H and O–H groups in total. The molecular weight excluding hydrogens is 251 g/mol. The molecule has 1 aromatic heterocycles. The Labute approximate surface area is 110 Å². The first kappa shape index (κ1) is 13.1. The van der Waals surface area contributed by atoms with Crippen LogP contribution >= 0.6 is 11.8 Å². The molecule has 0 bridgehead atoms. The molecule has 0 saturated heterocycles. The van der Waals surface area contributed by atoms with Crippen LogP contribution in [0.25, 0.3) is 0 Å². The lowest BCUT2D eigenvalue weighted by atomic mass is 10.2. The highest BCUT2D eigenvalue weighted by Crippen LogP contribution is 2.27. The highest BCUT2D eigenvalue weighted by Gasteiger charge is 2.16. The number of hydrogen-bond acceptors (Lipinski definition) is 3. The van der Waals surface area contributed by atoms with E-state index in [2.05, 4.69) is 5.10 Å². The fourth-order valence-electron chi connectivity index (χ4n) is 1.84. The Bertz CT molecular complexity index is 522. The summed E-state index contributed by atoms with van der Waals surface area (Å²) >= 11 is 1.30. The van der Waals surface area contributed by atoms with E-state index in [1.165, 1.54) is 17.8 Å². The quantitative estimate of drug-likeness (QED) is 0.865. The van der Waals surface area contributed by atoms with Gasteiger partial charge in [0.05, 0.1) is 11.9 Å². The van der Waals surface area contributed by atoms with Crippen LogP contribution in [-0.2, 0) is 7.05 Å². The molecule has 0 spiro atoms. The molecule has 1 unspecified atom stereocenters. The number of benzene rings is 1. The monoisotopic (exact) mass is 266 g/mol. The molecule has 0 aliphatic rings. The summed E-state index contributed by atoms with van der Waals surface area (Å²) in [6.45, 7) is 1.90. The van der Waals surface area contributed by atoms with Crippen LogP contribution < -0.4 is 0 Å². The van der Waals surface area contributed by atoms with Crippen molar-refractivity contribution < 1.29 is 9.50 Å². The first-order valence-electron chi connectivity index (χ1n) is 5.63. The highest BCUT2D eigenvalue weighted by molar-refractivity contribution is 7.99. The molecule has 0 radical (unpaired) electrons. The number of aliphatic hydroxyl groups is 1. The maximum Gasteiger partial charge on any atom is 0.136 e. The van der Waals surface area contributed by atoms with Gasteiger partial charge in [-0.3, -0.25) is 4.68 Å². The third kappa shape index (κ3) is 2.73. The minimum absolute atomic E-state index is 0.253. The number of hydrogen-bond donors (Lipinski definition) is 1. The summed E-state index contributed by atoms with van der Waals surface area (Å²) in [6.07, 6.45) is 1.06. The summed E-state index contributed by atoms with van der Waals surface area (Å²) in [4.78, 5) is 0.552. The van der Waals surface area contributed by atoms with Crippen LogP contribution in [0.3, 0.4) is 0 Å². The lowest BCUT2D eigenvalue weighted by molar-refractivity contribution is 0.193. The number of nitrogens with zero attached hydrogens (tertiary/aromatic N) is 2. The van der Waals surface area contributed by atoms with Crippen molar-refractivity contribution in [2.75, 3.05) is 5.75 Å². The Morgan fingerprint density at radius 3 is 2.78 bits per heavy atom. The summed E-state index contributed by atoms with van der Waals surface area (Å²) in [5, 5.41) is 14.2. The van der Waals surface area contributed by atoms with E-state index >= 15 is 0 Å². The van der Waals surface area contributed by atoms with Crippen LogP contribution in [0, 0.1) is 12.7 Å². The van der Waals surface area contributed by atoms with E-state index in [4.69, 9.17) is 0 Å². The molecule has 0 amide bonds. The van der Waals surface area contributed by atoms with E-state index in [0.717, 1.165) is 11.3 Å².